The van der Waals surface area contributed by atoms with Crippen LogP contribution in [0.25, 0.3) is 0 Å². The van der Waals surface area contributed by atoms with Crippen LogP contribution in [0, 0.1) is 0 Å². The molecule has 0 fully saturated rings. The minimum atomic E-state index is 0.234. The summed E-state index contributed by atoms with van der Waals surface area (Å²) in [4.78, 5) is 5.11. The zero-order chi connectivity index (χ0) is 16.9. The van der Waals surface area contributed by atoms with E-state index in [2.05, 4.69) is 90.3 Å². The highest BCUT2D eigenvalue weighted by atomic mass is 32.2. The molecule has 22 heavy (non-hydrogen) atoms. The van der Waals surface area contributed by atoms with Gasteiger partial charge in [0.05, 0.1) is 0 Å². The molecule has 0 radical (unpaired) electrons. The summed E-state index contributed by atoms with van der Waals surface area (Å²) < 4.78 is 0.974. The number of thioether (sulfide) groups is 4. The normalized spacial score (nSPS) is 17.1. The number of hydrogen-bond donors (Lipinski definition) is 4. The number of hydrogen-bond acceptors (Lipinski definition) is 8. The molecule has 0 bridgehead atoms. The third-order valence-electron chi connectivity index (χ3n) is 2.21. The Balaban J connectivity index is 3.36. The molecular formula is C14H22S8. The Morgan fingerprint density at radius 2 is 0.864 bits per heavy atom. The van der Waals surface area contributed by atoms with Crippen LogP contribution in [0.4, 0.5) is 0 Å². The number of rotatable bonds is 8. The van der Waals surface area contributed by atoms with Gasteiger partial charge in [-0.05, 0) is 39.8 Å². The molecule has 1 rings (SSSR count). The van der Waals surface area contributed by atoms with Crippen LogP contribution in [0.1, 0.15) is 27.7 Å². The smallest absolute Gasteiger partial charge is 0.0492 e. The van der Waals surface area contributed by atoms with Crippen LogP contribution in [0.2, 0.25) is 0 Å². The molecule has 4 atom stereocenters. The zero-order valence-electron chi connectivity index (χ0n) is 12.9. The molecule has 1 aromatic rings. The lowest BCUT2D eigenvalue weighted by atomic mass is 10.3. The SMILES string of the molecule is CC(S)Sc1ccc(SC(C)S)c(SC(C)S)c1SC(C)S. The van der Waals surface area contributed by atoms with Crippen LogP contribution in [-0.4, -0.2) is 18.3 Å². The molecule has 0 heterocycles. The van der Waals surface area contributed by atoms with Gasteiger partial charge in [0.2, 0.25) is 0 Å². The van der Waals surface area contributed by atoms with Crippen molar-refractivity contribution < 1.29 is 0 Å². The molecule has 0 saturated heterocycles. The molecule has 126 valence electrons. The number of thiol groups is 4. The van der Waals surface area contributed by atoms with Gasteiger partial charge in [0, 0.05) is 37.9 Å². The third-order valence-corrected chi connectivity index (χ3v) is 7.74. The summed E-state index contributed by atoms with van der Waals surface area (Å²) in [5, 5.41) is 0. The van der Waals surface area contributed by atoms with Gasteiger partial charge in [-0.25, -0.2) is 0 Å². The molecule has 0 spiro atoms. The fourth-order valence-electron chi connectivity index (χ4n) is 1.64. The van der Waals surface area contributed by atoms with Crippen molar-refractivity contribution in [2.75, 3.05) is 0 Å². The molecule has 0 aliphatic carbocycles. The van der Waals surface area contributed by atoms with E-state index in [1.54, 1.807) is 47.0 Å². The van der Waals surface area contributed by atoms with Crippen molar-refractivity contribution in [3.05, 3.63) is 12.1 Å². The van der Waals surface area contributed by atoms with Gasteiger partial charge in [-0.2, -0.15) is 50.5 Å². The highest BCUT2D eigenvalue weighted by Crippen LogP contribution is 2.48. The highest BCUT2D eigenvalue weighted by Gasteiger charge is 2.19. The summed E-state index contributed by atoms with van der Waals surface area (Å²) in [5.41, 5.74) is 0. The average Bonchev–Trinajstić information content (AvgIpc) is 2.34. The summed E-state index contributed by atoms with van der Waals surface area (Å²) in [6.07, 6.45) is 0. The Bertz CT molecular complexity index is 427. The van der Waals surface area contributed by atoms with Crippen molar-refractivity contribution >= 4 is 97.6 Å². The lowest BCUT2D eigenvalue weighted by Crippen LogP contribution is -1.97. The Hall–Kier alpha value is 2.02. The first-order valence-electron chi connectivity index (χ1n) is 6.76. The highest BCUT2D eigenvalue weighted by molar-refractivity contribution is 8.14. The minimum Gasteiger partial charge on any atom is -0.165 e. The largest absolute Gasteiger partial charge is 0.165 e. The van der Waals surface area contributed by atoms with Gasteiger partial charge in [-0.3, -0.25) is 0 Å². The second kappa shape index (κ2) is 10.9. The van der Waals surface area contributed by atoms with Gasteiger partial charge in [-0.15, -0.1) is 47.0 Å². The van der Waals surface area contributed by atoms with Crippen molar-refractivity contribution in [1.29, 1.82) is 0 Å². The second-order valence-corrected chi connectivity index (χ2v) is 14.6. The molecular weight excluding hydrogens is 425 g/mol. The summed E-state index contributed by atoms with van der Waals surface area (Å²) >= 11 is 25.3. The van der Waals surface area contributed by atoms with Gasteiger partial charge in [0.1, 0.15) is 0 Å². The standard InChI is InChI=1S/C14H22S8/c1-7(15)19-11-5-6-12(20-8(2)16)14(22-10(4)18)13(11)21-9(3)17/h5-10,15-18H,1-4H3. The topological polar surface area (TPSA) is 0 Å². The minimum absolute atomic E-state index is 0.234. The lowest BCUT2D eigenvalue weighted by Gasteiger charge is -2.21. The quantitative estimate of drug-likeness (QED) is 0.190. The van der Waals surface area contributed by atoms with E-state index in [1.807, 2.05) is 0 Å². The molecule has 0 nitrogen and oxygen atoms in total. The van der Waals surface area contributed by atoms with Crippen molar-refractivity contribution in [2.24, 2.45) is 0 Å². The first-order valence-corrected chi connectivity index (χ1v) is 12.3. The van der Waals surface area contributed by atoms with Gasteiger partial charge in [0.15, 0.2) is 0 Å². The third kappa shape index (κ3) is 7.93. The first-order chi connectivity index (χ1) is 10.2. The Morgan fingerprint density at radius 1 is 0.591 bits per heavy atom. The molecule has 0 aliphatic heterocycles. The van der Waals surface area contributed by atoms with Crippen molar-refractivity contribution in [3.8, 4) is 0 Å². The fraction of sp³-hybridized carbons (Fsp3) is 0.571. The van der Waals surface area contributed by atoms with E-state index in [4.69, 9.17) is 0 Å². The summed E-state index contributed by atoms with van der Waals surface area (Å²) in [6.45, 7) is 8.40. The number of benzene rings is 1. The van der Waals surface area contributed by atoms with E-state index in [-0.39, 0.29) is 18.3 Å². The molecule has 0 amide bonds. The van der Waals surface area contributed by atoms with Crippen LogP contribution in [0.15, 0.2) is 31.7 Å². The van der Waals surface area contributed by atoms with Crippen molar-refractivity contribution in [1.82, 2.24) is 0 Å². The van der Waals surface area contributed by atoms with Crippen LogP contribution >= 0.6 is 97.6 Å². The maximum atomic E-state index is 4.57. The maximum absolute atomic E-state index is 4.57. The van der Waals surface area contributed by atoms with Crippen LogP contribution in [-0.2, 0) is 0 Å². The summed E-state index contributed by atoms with van der Waals surface area (Å²) in [5.74, 6) is 0. The Kier molecular flexibility index (Phi) is 10.9. The van der Waals surface area contributed by atoms with Gasteiger partial charge in [-0.1, -0.05) is 0 Å². The Morgan fingerprint density at radius 3 is 1.09 bits per heavy atom. The monoisotopic (exact) mass is 446 g/mol. The van der Waals surface area contributed by atoms with E-state index in [0.29, 0.717) is 0 Å². The maximum Gasteiger partial charge on any atom is 0.0492 e. The fourth-order valence-corrected chi connectivity index (χ4v) is 6.88. The zero-order valence-corrected chi connectivity index (χ0v) is 19.7. The second-order valence-electron chi connectivity index (χ2n) is 4.59. The predicted molar refractivity (Wildman–Crippen MR) is 124 cm³/mol. The van der Waals surface area contributed by atoms with Gasteiger partial charge in [0.25, 0.3) is 0 Å². The summed E-state index contributed by atoms with van der Waals surface area (Å²) in [7, 11) is 0. The molecule has 8 heteroatoms. The van der Waals surface area contributed by atoms with Gasteiger partial charge < -0.3 is 0 Å². The molecule has 0 N–H and O–H groups in total. The molecule has 0 aliphatic rings. The molecule has 1 aromatic carbocycles. The first kappa shape index (κ1) is 22.1. The van der Waals surface area contributed by atoms with Crippen LogP contribution < -0.4 is 0 Å². The summed E-state index contributed by atoms with van der Waals surface area (Å²) in [6, 6.07) is 4.39. The van der Waals surface area contributed by atoms with E-state index in [1.165, 1.54) is 19.6 Å². The lowest BCUT2D eigenvalue weighted by molar-refractivity contribution is 1.02. The van der Waals surface area contributed by atoms with Crippen molar-refractivity contribution in [2.45, 2.75) is 65.6 Å². The van der Waals surface area contributed by atoms with Crippen molar-refractivity contribution in [3.63, 3.8) is 0 Å². The Labute approximate surface area is 173 Å². The van der Waals surface area contributed by atoms with Crippen LogP contribution in [0.5, 0.6) is 0 Å². The van der Waals surface area contributed by atoms with Crippen LogP contribution in [0.3, 0.4) is 0 Å². The average molecular weight is 447 g/mol. The van der Waals surface area contributed by atoms with E-state index >= 15 is 0 Å². The van der Waals surface area contributed by atoms with E-state index in [9.17, 15) is 0 Å². The van der Waals surface area contributed by atoms with E-state index < -0.39 is 0 Å². The molecule has 4 unspecified atom stereocenters. The molecule has 0 saturated carbocycles. The van der Waals surface area contributed by atoms with E-state index in [0.717, 1.165) is 0 Å². The molecule has 0 aromatic heterocycles. The predicted octanol–water partition coefficient (Wildman–Crippen LogP) is 7.16. The van der Waals surface area contributed by atoms with Gasteiger partial charge >= 0.3 is 0 Å².